The van der Waals surface area contributed by atoms with Crippen molar-refractivity contribution in [3.05, 3.63) is 35.9 Å². The summed E-state index contributed by atoms with van der Waals surface area (Å²) in [6.45, 7) is 8.08. The topological polar surface area (TPSA) is 35.2 Å². The van der Waals surface area contributed by atoms with Crippen molar-refractivity contribution in [2.24, 2.45) is 0 Å². The summed E-state index contributed by atoms with van der Waals surface area (Å²) in [5, 5.41) is 0. The zero-order valence-electron chi connectivity index (χ0n) is 8.13. The summed E-state index contributed by atoms with van der Waals surface area (Å²) >= 11 is 0. The maximum absolute atomic E-state index is 5.74. The minimum atomic E-state index is 0.532. The van der Waals surface area contributed by atoms with Gasteiger partial charge >= 0.3 is 0 Å². The largest absolute Gasteiger partial charge is 0.489 e. The van der Waals surface area contributed by atoms with Gasteiger partial charge in [-0.05, 0) is 37.1 Å². The van der Waals surface area contributed by atoms with Gasteiger partial charge in [0.2, 0.25) is 0 Å². The Morgan fingerprint density at radius 1 is 1.38 bits per heavy atom. The van der Waals surface area contributed by atoms with Gasteiger partial charge in [-0.15, -0.1) is 0 Å². The van der Waals surface area contributed by atoms with E-state index in [0.717, 1.165) is 22.6 Å². The van der Waals surface area contributed by atoms with Crippen LogP contribution in [0.25, 0.3) is 0 Å². The second-order valence-corrected chi connectivity index (χ2v) is 3.07. The van der Waals surface area contributed by atoms with Gasteiger partial charge in [0.05, 0.1) is 0 Å². The van der Waals surface area contributed by atoms with Crippen LogP contribution in [0, 0.1) is 13.8 Å². The van der Waals surface area contributed by atoms with Crippen LogP contribution in [0.15, 0.2) is 24.8 Å². The molecule has 0 aliphatic carbocycles. The molecule has 0 saturated carbocycles. The predicted octanol–water partition coefficient (Wildman–Crippen LogP) is 2.45. The molecule has 2 heteroatoms. The minimum Gasteiger partial charge on any atom is -0.489 e. The summed E-state index contributed by atoms with van der Waals surface area (Å²) in [6, 6.07) is 3.88. The number of nitrogen functional groups attached to an aromatic ring is 1. The highest BCUT2D eigenvalue weighted by molar-refractivity contribution is 5.53. The third kappa shape index (κ3) is 2.25. The van der Waals surface area contributed by atoms with Gasteiger partial charge in [-0.2, -0.15) is 0 Å². The lowest BCUT2D eigenvalue weighted by Crippen LogP contribution is -1.98. The number of hydrogen-bond donors (Lipinski definition) is 1. The standard InChI is InChI=1S/C11H15NO/c1-4-5-13-11-7-8(2)10(12)6-9(11)3/h4,6-7H,1,5,12H2,2-3H3. The van der Waals surface area contributed by atoms with Crippen molar-refractivity contribution in [2.75, 3.05) is 12.3 Å². The Hall–Kier alpha value is -1.44. The van der Waals surface area contributed by atoms with Crippen molar-refractivity contribution >= 4 is 5.69 Å². The third-order valence-corrected chi connectivity index (χ3v) is 1.92. The van der Waals surface area contributed by atoms with E-state index in [-0.39, 0.29) is 0 Å². The Balaban J connectivity index is 2.94. The molecule has 70 valence electrons. The number of benzene rings is 1. The van der Waals surface area contributed by atoms with Gasteiger partial charge in [0.25, 0.3) is 0 Å². The normalized spacial score (nSPS) is 9.69. The highest BCUT2D eigenvalue weighted by atomic mass is 16.5. The quantitative estimate of drug-likeness (QED) is 0.568. The molecule has 0 heterocycles. The number of rotatable bonds is 3. The molecule has 0 aliphatic rings. The van der Waals surface area contributed by atoms with Crippen LogP contribution in [0.2, 0.25) is 0 Å². The van der Waals surface area contributed by atoms with Crippen LogP contribution in [0.3, 0.4) is 0 Å². The fraction of sp³-hybridized carbons (Fsp3) is 0.273. The molecular formula is C11H15NO. The fourth-order valence-electron chi connectivity index (χ4n) is 1.12. The Morgan fingerprint density at radius 3 is 2.69 bits per heavy atom. The molecule has 0 aliphatic heterocycles. The first-order valence-electron chi connectivity index (χ1n) is 4.25. The molecule has 1 aromatic carbocycles. The second kappa shape index (κ2) is 3.99. The second-order valence-electron chi connectivity index (χ2n) is 3.07. The molecule has 0 aromatic heterocycles. The first-order valence-corrected chi connectivity index (χ1v) is 4.25. The molecule has 0 bridgehead atoms. The smallest absolute Gasteiger partial charge is 0.123 e. The van der Waals surface area contributed by atoms with E-state index in [9.17, 15) is 0 Å². The molecule has 0 saturated heterocycles. The van der Waals surface area contributed by atoms with Crippen molar-refractivity contribution in [2.45, 2.75) is 13.8 Å². The molecule has 0 fully saturated rings. The summed E-state index contributed by atoms with van der Waals surface area (Å²) in [7, 11) is 0. The van der Waals surface area contributed by atoms with E-state index in [4.69, 9.17) is 10.5 Å². The zero-order chi connectivity index (χ0) is 9.84. The van der Waals surface area contributed by atoms with Crippen LogP contribution < -0.4 is 10.5 Å². The molecule has 0 amide bonds. The minimum absolute atomic E-state index is 0.532. The fourth-order valence-corrected chi connectivity index (χ4v) is 1.12. The Morgan fingerprint density at radius 2 is 2.08 bits per heavy atom. The molecule has 2 nitrogen and oxygen atoms in total. The van der Waals surface area contributed by atoms with Crippen molar-refractivity contribution in [3.63, 3.8) is 0 Å². The summed E-state index contributed by atoms with van der Waals surface area (Å²) in [6.07, 6.45) is 1.73. The molecule has 13 heavy (non-hydrogen) atoms. The van der Waals surface area contributed by atoms with E-state index in [2.05, 4.69) is 6.58 Å². The maximum Gasteiger partial charge on any atom is 0.123 e. The van der Waals surface area contributed by atoms with Crippen molar-refractivity contribution in [3.8, 4) is 5.75 Å². The van der Waals surface area contributed by atoms with Gasteiger partial charge in [0, 0.05) is 5.69 Å². The van der Waals surface area contributed by atoms with E-state index >= 15 is 0 Å². The molecule has 1 rings (SSSR count). The Bertz CT molecular complexity index is 318. The van der Waals surface area contributed by atoms with Gasteiger partial charge in [-0.3, -0.25) is 0 Å². The van der Waals surface area contributed by atoms with E-state index in [1.54, 1.807) is 6.08 Å². The molecule has 0 radical (unpaired) electrons. The number of hydrogen-bond acceptors (Lipinski definition) is 2. The Labute approximate surface area is 79.0 Å². The van der Waals surface area contributed by atoms with Crippen LogP contribution >= 0.6 is 0 Å². The van der Waals surface area contributed by atoms with E-state index in [1.165, 1.54) is 0 Å². The lowest BCUT2D eigenvalue weighted by Gasteiger charge is -2.09. The number of ether oxygens (including phenoxy) is 1. The summed E-state index contributed by atoms with van der Waals surface area (Å²) in [4.78, 5) is 0. The molecule has 1 aromatic rings. The van der Waals surface area contributed by atoms with E-state index in [0.29, 0.717) is 6.61 Å². The number of aryl methyl sites for hydroxylation is 2. The molecule has 0 atom stereocenters. The summed E-state index contributed by atoms with van der Waals surface area (Å²) in [5.41, 5.74) is 8.66. The Kier molecular flexibility index (Phi) is 2.96. The van der Waals surface area contributed by atoms with Crippen LogP contribution in [0.1, 0.15) is 11.1 Å². The molecule has 0 unspecified atom stereocenters. The first-order chi connectivity index (χ1) is 6.15. The number of nitrogens with two attached hydrogens (primary N) is 1. The van der Waals surface area contributed by atoms with Gasteiger partial charge in [0.15, 0.2) is 0 Å². The average Bonchev–Trinajstić information content (AvgIpc) is 2.09. The van der Waals surface area contributed by atoms with Crippen molar-refractivity contribution < 1.29 is 4.74 Å². The summed E-state index contributed by atoms with van der Waals surface area (Å²) < 4.78 is 5.45. The van der Waals surface area contributed by atoms with Crippen LogP contribution in [0.5, 0.6) is 5.75 Å². The third-order valence-electron chi connectivity index (χ3n) is 1.92. The van der Waals surface area contributed by atoms with Crippen LogP contribution in [0.4, 0.5) is 5.69 Å². The van der Waals surface area contributed by atoms with Gasteiger partial charge in [-0.25, -0.2) is 0 Å². The zero-order valence-corrected chi connectivity index (χ0v) is 8.13. The highest BCUT2D eigenvalue weighted by Crippen LogP contribution is 2.23. The highest BCUT2D eigenvalue weighted by Gasteiger charge is 2.01. The van der Waals surface area contributed by atoms with Crippen molar-refractivity contribution in [1.29, 1.82) is 0 Å². The predicted molar refractivity (Wildman–Crippen MR) is 56.0 cm³/mol. The first kappa shape index (κ1) is 9.65. The van der Waals surface area contributed by atoms with E-state index in [1.807, 2.05) is 26.0 Å². The van der Waals surface area contributed by atoms with Gasteiger partial charge < -0.3 is 10.5 Å². The van der Waals surface area contributed by atoms with Crippen LogP contribution in [-0.2, 0) is 0 Å². The van der Waals surface area contributed by atoms with Gasteiger partial charge in [0.1, 0.15) is 12.4 Å². The van der Waals surface area contributed by atoms with Gasteiger partial charge in [-0.1, -0.05) is 12.7 Å². The monoisotopic (exact) mass is 177 g/mol. The van der Waals surface area contributed by atoms with Crippen molar-refractivity contribution in [1.82, 2.24) is 0 Å². The summed E-state index contributed by atoms with van der Waals surface area (Å²) in [5.74, 6) is 0.881. The SMILES string of the molecule is C=CCOc1cc(C)c(N)cc1C. The van der Waals surface area contributed by atoms with Crippen LogP contribution in [-0.4, -0.2) is 6.61 Å². The molecular weight excluding hydrogens is 162 g/mol. The lowest BCUT2D eigenvalue weighted by atomic mass is 10.1. The number of anilines is 1. The molecule has 0 spiro atoms. The molecule has 2 N–H and O–H groups in total. The average molecular weight is 177 g/mol. The lowest BCUT2D eigenvalue weighted by molar-refractivity contribution is 0.360. The maximum atomic E-state index is 5.74. The van der Waals surface area contributed by atoms with E-state index < -0.39 is 0 Å².